The van der Waals surface area contributed by atoms with Crippen LogP contribution in [0.3, 0.4) is 0 Å². The standard InChI is InChI=1S/C9H18N2O2/c1-7-3-8(5-10-4-7)11-9(12)6-13-2/h7-8,10H,3-6H2,1-2H3,(H,11,12). The van der Waals surface area contributed by atoms with Gasteiger partial charge in [0.15, 0.2) is 0 Å². The van der Waals surface area contributed by atoms with Crippen molar-refractivity contribution >= 4 is 5.91 Å². The highest BCUT2D eigenvalue weighted by Gasteiger charge is 2.19. The van der Waals surface area contributed by atoms with Crippen molar-refractivity contribution in [1.82, 2.24) is 10.6 Å². The molecular weight excluding hydrogens is 168 g/mol. The van der Waals surface area contributed by atoms with Crippen LogP contribution in [0.2, 0.25) is 0 Å². The first-order valence-electron chi connectivity index (χ1n) is 4.71. The largest absolute Gasteiger partial charge is 0.375 e. The van der Waals surface area contributed by atoms with Crippen molar-refractivity contribution in [2.75, 3.05) is 26.8 Å². The lowest BCUT2D eigenvalue weighted by molar-refractivity contribution is -0.125. The first kappa shape index (κ1) is 10.5. The molecule has 1 aliphatic rings. The Morgan fingerprint density at radius 2 is 2.38 bits per heavy atom. The normalized spacial score (nSPS) is 28.5. The van der Waals surface area contributed by atoms with Gasteiger partial charge in [-0.3, -0.25) is 4.79 Å². The van der Waals surface area contributed by atoms with Crippen LogP contribution in [0.15, 0.2) is 0 Å². The maximum Gasteiger partial charge on any atom is 0.246 e. The molecule has 4 nitrogen and oxygen atoms in total. The highest BCUT2D eigenvalue weighted by atomic mass is 16.5. The molecule has 1 aliphatic heterocycles. The molecule has 0 aliphatic carbocycles. The van der Waals surface area contributed by atoms with Gasteiger partial charge in [-0.1, -0.05) is 6.92 Å². The second-order valence-corrected chi connectivity index (χ2v) is 3.70. The Morgan fingerprint density at radius 1 is 1.62 bits per heavy atom. The highest BCUT2D eigenvalue weighted by Crippen LogP contribution is 2.08. The Hall–Kier alpha value is -0.610. The number of rotatable bonds is 3. The molecule has 1 heterocycles. The molecule has 1 amide bonds. The Bertz CT molecular complexity index is 173. The number of amides is 1. The van der Waals surface area contributed by atoms with Crippen LogP contribution in [0.1, 0.15) is 13.3 Å². The Labute approximate surface area is 79.0 Å². The number of methoxy groups -OCH3 is 1. The summed E-state index contributed by atoms with van der Waals surface area (Å²) in [5, 5.41) is 6.20. The minimum absolute atomic E-state index is 0.0246. The second-order valence-electron chi connectivity index (χ2n) is 3.70. The van der Waals surface area contributed by atoms with E-state index in [9.17, 15) is 4.79 Å². The fourth-order valence-corrected chi connectivity index (χ4v) is 1.67. The fourth-order valence-electron chi connectivity index (χ4n) is 1.67. The van der Waals surface area contributed by atoms with E-state index in [1.165, 1.54) is 7.11 Å². The van der Waals surface area contributed by atoms with E-state index >= 15 is 0 Å². The van der Waals surface area contributed by atoms with Crippen molar-refractivity contribution in [3.05, 3.63) is 0 Å². The van der Waals surface area contributed by atoms with E-state index < -0.39 is 0 Å². The van der Waals surface area contributed by atoms with E-state index in [0.29, 0.717) is 5.92 Å². The zero-order valence-corrected chi connectivity index (χ0v) is 8.30. The molecule has 76 valence electrons. The molecule has 2 atom stereocenters. The first-order chi connectivity index (χ1) is 6.22. The molecule has 0 aromatic carbocycles. The van der Waals surface area contributed by atoms with Gasteiger partial charge in [0.1, 0.15) is 6.61 Å². The van der Waals surface area contributed by atoms with Crippen molar-refractivity contribution in [1.29, 1.82) is 0 Å². The maximum atomic E-state index is 11.2. The number of piperidine rings is 1. The van der Waals surface area contributed by atoms with Gasteiger partial charge in [0, 0.05) is 19.7 Å². The highest BCUT2D eigenvalue weighted by molar-refractivity contribution is 5.77. The Balaban J connectivity index is 2.23. The van der Waals surface area contributed by atoms with Crippen molar-refractivity contribution in [3.63, 3.8) is 0 Å². The molecule has 13 heavy (non-hydrogen) atoms. The number of ether oxygens (including phenoxy) is 1. The molecule has 1 fully saturated rings. The zero-order chi connectivity index (χ0) is 9.68. The van der Waals surface area contributed by atoms with Gasteiger partial charge >= 0.3 is 0 Å². The zero-order valence-electron chi connectivity index (χ0n) is 8.30. The van der Waals surface area contributed by atoms with Gasteiger partial charge in [0.2, 0.25) is 5.91 Å². The lowest BCUT2D eigenvalue weighted by Crippen LogP contribution is -2.49. The average Bonchev–Trinajstić information content (AvgIpc) is 2.04. The summed E-state index contributed by atoms with van der Waals surface area (Å²) in [5.41, 5.74) is 0. The molecule has 0 aromatic rings. The molecule has 0 bridgehead atoms. The minimum atomic E-state index is -0.0246. The third kappa shape index (κ3) is 3.74. The summed E-state index contributed by atoms with van der Waals surface area (Å²) < 4.78 is 4.74. The predicted octanol–water partition coefficient (Wildman–Crippen LogP) is -0.253. The topological polar surface area (TPSA) is 50.4 Å². The molecule has 4 heteroatoms. The summed E-state index contributed by atoms with van der Waals surface area (Å²) in [6, 6.07) is 0.270. The van der Waals surface area contributed by atoms with Crippen LogP contribution in [0, 0.1) is 5.92 Å². The molecule has 2 unspecified atom stereocenters. The van der Waals surface area contributed by atoms with Crippen LogP contribution in [0.25, 0.3) is 0 Å². The third-order valence-corrected chi connectivity index (χ3v) is 2.21. The van der Waals surface area contributed by atoms with Crippen LogP contribution in [0.5, 0.6) is 0 Å². The Kier molecular flexibility index (Phi) is 4.18. The lowest BCUT2D eigenvalue weighted by Gasteiger charge is -2.28. The summed E-state index contributed by atoms with van der Waals surface area (Å²) in [4.78, 5) is 11.2. The molecule has 2 N–H and O–H groups in total. The summed E-state index contributed by atoms with van der Waals surface area (Å²) in [5.74, 6) is 0.616. The second kappa shape index (κ2) is 5.19. The number of carbonyl (C=O) groups is 1. The van der Waals surface area contributed by atoms with Crippen LogP contribution >= 0.6 is 0 Å². The number of carbonyl (C=O) groups excluding carboxylic acids is 1. The molecule has 1 saturated heterocycles. The number of hydrogen-bond donors (Lipinski definition) is 2. The fraction of sp³-hybridized carbons (Fsp3) is 0.889. The van der Waals surface area contributed by atoms with Crippen molar-refractivity contribution in [2.45, 2.75) is 19.4 Å². The number of nitrogens with one attached hydrogen (secondary N) is 2. The number of hydrogen-bond acceptors (Lipinski definition) is 3. The van der Waals surface area contributed by atoms with Gasteiger partial charge in [0.25, 0.3) is 0 Å². The average molecular weight is 186 g/mol. The van der Waals surface area contributed by atoms with Gasteiger partial charge in [0.05, 0.1) is 0 Å². The van der Waals surface area contributed by atoms with Crippen LogP contribution in [-0.4, -0.2) is 38.8 Å². The summed E-state index contributed by atoms with van der Waals surface area (Å²) in [6.45, 7) is 4.27. The van der Waals surface area contributed by atoms with E-state index in [0.717, 1.165) is 19.5 Å². The maximum absolute atomic E-state index is 11.2. The SMILES string of the molecule is COCC(=O)NC1CNCC(C)C1. The van der Waals surface area contributed by atoms with E-state index in [1.807, 2.05) is 0 Å². The van der Waals surface area contributed by atoms with Gasteiger partial charge in [-0.2, -0.15) is 0 Å². The van der Waals surface area contributed by atoms with Gasteiger partial charge < -0.3 is 15.4 Å². The van der Waals surface area contributed by atoms with E-state index in [1.54, 1.807) is 0 Å². The molecule has 0 radical (unpaired) electrons. The van der Waals surface area contributed by atoms with Gasteiger partial charge in [-0.15, -0.1) is 0 Å². The van der Waals surface area contributed by atoms with Crippen LogP contribution in [0.4, 0.5) is 0 Å². The van der Waals surface area contributed by atoms with Crippen molar-refractivity contribution in [3.8, 4) is 0 Å². The van der Waals surface area contributed by atoms with Gasteiger partial charge in [-0.05, 0) is 18.9 Å². The molecule has 0 saturated carbocycles. The van der Waals surface area contributed by atoms with Crippen LogP contribution < -0.4 is 10.6 Å². The molecule has 0 spiro atoms. The minimum Gasteiger partial charge on any atom is -0.375 e. The summed E-state index contributed by atoms with van der Waals surface area (Å²) in [6.07, 6.45) is 1.06. The van der Waals surface area contributed by atoms with E-state index in [-0.39, 0.29) is 18.6 Å². The van der Waals surface area contributed by atoms with Crippen LogP contribution in [-0.2, 0) is 9.53 Å². The quantitative estimate of drug-likeness (QED) is 0.639. The molecule has 1 rings (SSSR count). The smallest absolute Gasteiger partial charge is 0.246 e. The molecular formula is C9H18N2O2. The monoisotopic (exact) mass is 186 g/mol. The third-order valence-electron chi connectivity index (χ3n) is 2.21. The van der Waals surface area contributed by atoms with Crippen molar-refractivity contribution in [2.24, 2.45) is 5.92 Å². The summed E-state index contributed by atoms with van der Waals surface area (Å²) in [7, 11) is 1.53. The summed E-state index contributed by atoms with van der Waals surface area (Å²) >= 11 is 0. The first-order valence-corrected chi connectivity index (χ1v) is 4.71. The molecule has 0 aromatic heterocycles. The Morgan fingerprint density at radius 3 is 3.00 bits per heavy atom. The van der Waals surface area contributed by atoms with E-state index in [4.69, 9.17) is 4.74 Å². The van der Waals surface area contributed by atoms with Gasteiger partial charge in [-0.25, -0.2) is 0 Å². The predicted molar refractivity (Wildman–Crippen MR) is 50.5 cm³/mol. The lowest BCUT2D eigenvalue weighted by atomic mass is 9.98. The van der Waals surface area contributed by atoms with E-state index in [2.05, 4.69) is 17.6 Å². The van der Waals surface area contributed by atoms with Crippen molar-refractivity contribution < 1.29 is 9.53 Å².